The predicted molar refractivity (Wildman–Crippen MR) is 74.5 cm³/mol. The zero-order valence-corrected chi connectivity index (χ0v) is 16.1. The molecule has 3 rings (SSSR count). The Morgan fingerprint density at radius 3 is 2.21 bits per heavy atom. The van der Waals surface area contributed by atoms with Gasteiger partial charge in [-0.2, -0.15) is 6.07 Å². The fourth-order valence-corrected chi connectivity index (χ4v) is 2.48. The third kappa shape index (κ3) is 3.47. The molecule has 3 aromatic carbocycles. The SMILES string of the molecule is Cc1cc(-c2ccccc2)c2cc(C)[cH-]c2c1.[Zr].[Zr]. The Bertz CT molecular complexity index is 666. The van der Waals surface area contributed by atoms with Gasteiger partial charge in [-0.3, -0.25) is 0 Å². The van der Waals surface area contributed by atoms with Gasteiger partial charge in [-0.1, -0.05) is 54.4 Å². The Kier molecular flexibility index (Phi) is 6.22. The van der Waals surface area contributed by atoms with E-state index in [2.05, 4.69) is 68.4 Å². The van der Waals surface area contributed by atoms with Gasteiger partial charge < -0.3 is 0 Å². The van der Waals surface area contributed by atoms with E-state index < -0.39 is 0 Å². The van der Waals surface area contributed by atoms with E-state index in [1.165, 1.54) is 33.0 Å². The van der Waals surface area contributed by atoms with E-state index in [0.717, 1.165) is 0 Å². The van der Waals surface area contributed by atoms with Crippen LogP contribution in [-0.2, 0) is 52.4 Å². The summed E-state index contributed by atoms with van der Waals surface area (Å²) in [6, 6.07) is 19.7. The molecule has 2 heteroatoms. The second kappa shape index (κ2) is 7.01. The van der Waals surface area contributed by atoms with Gasteiger partial charge in [-0.05, 0) is 12.5 Å². The van der Waals surface area contributed by atoms with Crippen LogP contribution in [0.15, 0.2) is 54.6 Å². The summed E-state index contributed by atoms with van der Waals surface area (Å²) in [4.78, 5) is 0. The van der Waals surface area contributed by atoms with Crippen LogP contribution in [0.4, 0.5) is 0 Å². The molecule has 0 spiro atoms. The van der Waals surface area contributed by atoms with Crippen LogP contribution in [0, 0.1) is 13.8 Å². The Hall–Kier alpha value is -0.184. The smallest absolute Gasteiger partial charge is 0 e. The van der Waals surface area contributed by atoms with Gasteiger partial charge in [-0.25, -0.2) is 0 Å². The Morgan fingerprint density at radius 2 is 1.53 bits per heavy atom. The third-order valence-electron chi connectivity index (χ3n) is 3.20. The van der Waals surface area contributed by atoms with Crippen LogP contribution in [0.5, 0.6) is 0 Å². The van der Waals surface area contributed by atoms with Crippen molar-refractivity contribution in [2.45, 2.75) is 13.8 Å². The number of benzene rings is 2. The minimum absolute atomic E-state index is 0. The molecule has 92 valence electrons. The number of fused-ring (bicyclic) bond motifs is 1. The molecule has 3 aromatic rings. The van der Waals surface area contributed by atoms with E-state index in [0.29, 0.717) is 0 Å². The van der Waals surface area contributed by atoms with Crippen molar-refractivity contribution < 1.29 is 52.4 Å². The first-order chi connectivity index (χ1) is 8.24. The van der Waals surface area contributed by atoms with Crippen LogP contribution in [-0.4, -0.2) is 0 Å². The van der Waals surface area contributed by atoms with Crippen LogP contribution < -0.4 is 0 Å². The van der Waals surface area contributed by atoms with Gasteiger partial charge in [0.1, 0.15) is 0 Å². The summed E-state index contributed by atoms with van der Waals surface area (Å²) in [6.07, 6.45) is 0. The second-order valence-corrected chi connectivity index (χ2v) is 4.71. The Labute approximate surface area is 152 Å². The molecule has 0 aliphatic rings. The minimum Gasteiger partial charge on any atom is -0.165 e. The van der Waals surface area contributed by atoms with E-state index in [9.17, 15) is 0 Å². The van der Waals surface area contributed by atoms with E-state index in [-0.39, 0.29) is 52.4 Å². The van der Waals surface area contributed by atoms with Crippen molar-refractivity contribution in [3.05, 3.63) is 65.7 Å². The maximum absolute atomic E-state index is 2.27. The first kappa shape index (κ1) is 16.9. The zero-order chi connectivity index (χ0) is 11.8. The average molecular weight is 402 g/mol. The van der Waals surface area contributed by atoms with Gasteiger partial charge in [0.05, 0.1) is 0 Å². The maximum atomic E-state index is 2.27. The molecule has 0 aliphatic carbocycles. The number of rotatable bonds is 1. The van der Waals surface area contributed by atoms with E-state index >= 15 is 0 Å². The Balaban J connectivity index is 0.000000902. The van der Waals surface area contributed by atoms with Gasteiger partial charge >= 0.3 is 0 Å². The first-order valence-corrected chi connectivity index (χ1v) is 5.97. The van der Waals surface area contributed by atoms with Crippen LogP contribution in [0.1, 0.15) is 11.1 Å². The maximum Gasteiger partial charge on any atom is 0 e. The molecule has 19 heavy (non-hydrogen) atoms. The molecule has 0 saturated heterocycles. The molecule has 0 radical (unpaired) electrons. The molecule has 0 N–H and O–H groups in total. The quantitative estimate of drug-likeness (QED) is 0.512. The predicted octanol–water partition coefficient (Wildman–Crippen LogP) is 4.84. The molecule has 0 bridgehead atoms. The van der Waals surface area contributed by atoms with Crippen LogP contribution in [0.25, 0.3) is 21.9 Å². The summed E-state index contributed by atoms with van der Waals surface area (Å²) < 4.78 is 0. The Morgan fingerprint density at radius 1 is 0.842 bits per heavy atom. The molecule has 0 fully saturated rings. The topological polar surface area (TPSA) is 0 Å². The molecular formula is C17H15Zr2-. The summed E-state index contributed by atoms with van der Waals surface area (Å²) in [7, 11) is 0. The fraction of sp³-hybridized carbons (Fsp3) is 0.118. The normalized spacial score (nSPS) is 9.79. The average Bonchev–Trinajstić information content (AvgIpc) is 2.69. The van der Waals surface area contributed by atoms with Crippen molar-refractivity contribution >= 4 is 10.8 Å². The standard InChI is InChI=1S/C17H15.2Zr/c1-12-8-15-9-13(2)11-17(15)16(10-12)14-6-4-3-5-7-14;;/h3-11H,1-2H3;;/q-1;;. The van der Waals surface area contributed by atoms with Gasteiger partial charge in [0.2, 0.25) is 0 Å². The van der Waals surface area contributed by atoms with Crippen molar-refractivity contribution in [3.63, 3.8) is 0 Å². The monoisotopic (exact) mass is 399 g/mol. The molecule has 0 atom stereocenters. The van der Waals surface area contributed by atoms with Crippen LogP contribution in [0.3, 0.4) is 0 Å². The van der Waals surface area contributed by atoms with Gasteiger partial charge in [0.15, 0.2) is 0 Å². The largest absolute Gasteiger partial charge is 0.165 e. The first-order valence-electron chi connectivity index (χ1n) is 5.97. The number of hydrogen-bond donors (Lipinski definition) is 0. The van der Waals surface area contributed by atoms with Crippen LogP contribution >= 0.6 is 0 Å². The fourth-order valence-electron chi connectivity index (χ4n) is 2.48. The second-order valence-electron chi connectivity index (χ2n) is 4.71. The van der Waals surface area contributed by atoms with Crippen molar-refractivity contribution in [3.8, 4) is 11.1 Å². The van der Waals surface area contributed by atoms with Crippen molar-refractivity contribution in [1.82, 2.24) is 0 Å². The molecule has 0 nitrogen and oxygen atoms in total. The molecule has 0 unspecified atom stereocenters. The van der Waals surface area contributed by atoms with Crippen molar-refractivity contribution in [2.24, 2.45) is 0 Å². The zero-order valence-electron chi connectivity index (χ0n) is 11.2. The van der Waals surface area contributed by atoms with Gasteiger partial charge in [0.25, 0.3) is 0 Å². The molecule has 0 heterocycles. The minimum atomic E-state index is 0. The van der Waals surface area contributed by atoms with E-state index in [1.807, 2.05) is 0 Å². The molecule has 0 amide bonds. The van der Waals surface area contributed by atoms with Gasteiger partial charge in [0, 0.05) is 52.4 Å². The van der Waals surface area contributed by atoms with E-state index in [1.54, 1.807) is 0 Å². The summed E-state index contributed by atoms with van der Waals surface area (Å²) in [5.41, 5.74) is 5.30. The number of hydrogen-bond acceptors (Lipinski definition) is 0. The van der Waals surface area contributed by atoms with Crippen molar-refractivity contribution in [2.75, 3.05) is 0 Å². The summed E-state index contributed by atoms with van der Waals surface area (Å²) in [6.45, 7) is 4.32. The summed E-state index contributed by atoms with van der Waals surface area (Å²) in [5, 5.41) is 2.71. The molecule has 0 aliphatic heterocycles. The summed E-state index contributed by atoms with van der Waals surface area (Å²) in [5.74, 6) is 0. The van der Waals surface area contributed by atoms with Crippen LogP contribution in [0.2, 0.25) is 0 Å². The summed E-state index contributed by atoms with van der Waals surface area (Å²) >= 11 is 0. The van der Waals surface area contributed by atoms with Crippen molar-refractivity contribution in [1.29, 1.82) is 0 Å². The third-order valence-corrected chi connectivity index (χ3v) is 3.20. The molecule has 0 aromatic heterocycles. The van der Waals surface area contributed by atoms with Gasteiger partial charge in [-0.15, -0.1) is 28.5 Å². The molecule has 0 saturated carbocycles. The van der Waals surface area contributed by atoms with E-state index in [4.69, 9.17) is 0 Å². The number of aryl methyl sites for hydroxylation is 2. The molecular weight excluding hydrogens is 387 g/mol.